The Bertz CT molecular complexity index is 307. The SMILES string of the molecule is CCCCCCCCCCCCC(CCCCCCCCCC)C(=O)ON. The fraction of sp³-hybridized carbons (Fsp3) is 0.958. The fourth-order valence-corrected chi connectivity index (χ4v) is 3.88. The lowest BCUT2D eigenvalue weighted by atomic mass is 9.94. The smallest absolute Gasteiger partial charge is 0.327 e. The van der Waals surface area contributed by atoms with Gasteiger partial charge in [0.05, 0.1) is 5.92 Å². The van der Waals surface area contributed by atoms with Gasteiger partial charge in [-0.25, -0.2) is 0 Å². The monoisotopic (exact) mass is 383 g/mol. The zero-order valence-corrected chi connectivity index (χ0v) is 18.6. The van der Waals surface area contributed by atoms with Crippen molar-refractivity contribution < 1.29 is 9.63 Å². The summed E-state index contributed by atoms with van der Waals surface area (Å²) in [6.45, 7) is 4.52. The van der Waals surface area contributed by atoms with Crippen molar-refractivity contribution in [1.82, 2.24) is 0 Å². The van der Waals surface area contributed by atoms with Crippen LogP contribution < -0.4 is 5.90 Å². The molecule has 1 unspecified atom stereocenters. The molecule has 0 aromatic carbocycles. The Balaban J connectivity index is 3.61. The Labute approximate surface area is 170 Å². The molecule has 162 valence electrons. The molecule has 2 N–H and O–H groups in total. The predicted octanol–water partition coefficient (Wildman–Crippen LogP) is 7.86. The van der Waals surface area contributed by atoms with Crippen LogP contribution in [-0.2, 0) is 9.63 Å². The molecule has 0 bridgehead atoms. The summed E-state index contributed by atoms with van der Waals surface area (Å²) >= 11 is 0. The van der Waals surface area contributed by atoms with Crippen LogP contribution in [0.25, 0.3) is 0 Å². The Hall–Kier alpha value is -0.570. The van der Waals surface area contributed by atoms with Crippen molar-refractivity contribution in [1.29, 1.82) is 0 Å². The molecule has 3 nitrogen and oxygen atoms in total. The van der Waals surface area contributed by atoms with Crippen LogP contribution in [0.4, 0.5) is 0 Å². The molecule has 0 aliphatic carbocycles. The summed E-state index contributed by atoms with van der Waals surface area (Å²) in [4.78, 5) is 16.4. The molecule has 0 fully saturated rings. The summed E-state index contributed by atoms with van der Waals surface area (Å²) in [6.07, 6.45) is 25.6. The molecular formula is C24H49NO2. The first-order chi connectivity index (χ1) is 13.3. The van der Waals surface area contributed by atoms with Gasteiger partial charge in [-0.1, -0.05) is 129 Å². The third-order valence-electron chi connectivity index (χ3n) is 5.76. The predicted molar refractivity (Wildman–Crippen MR) is 117 cm³/mol. The number of hydrogen-bond donors (Lipinski definition) is 1. The van der Waals surface area contributed by atoms with Gasteiger partial charge >= 0.3 is 5.97 Å². The molecule has 3 heteroatoms. The molecule has 0 aliphatic rings. The molecule has 0 aromatic rings. The molecular weight excluding hydrogens is 334 g/mol. The van der Waals surface area contributed by atoms with E-state index in [1.807, 2.05) is 0 Å². The number of carbonyl (C=O) groups excluding carboxylic acids is 1. The second kappa shape index (κ2) is 21.7. The molecule has 0 amide bonds. The molecule has 0 rings (SSSR count). The van der Waals surface area contributed by atoms with Crippen LogP contribution in [0.15, 0.2) is 0 Å². The van der Waals surface area contributed by atoms with E-state index in [1.165, 1.54) is 103 Å². The van der Waals surface area contributed by atoms with Crippen molar-refractivity contribution in [3.8, 4) is 0 Å². The van der Waals surface area contributed by atoms with Gasteiger partial charge in [0, 0.05) is 0 Å². The van der Waals surface area contributed by atoms with E-state index in [2.05, 4.69) is 18.7 Å². The van der Waals surface area contributed by atoms with Crippen molar-refractivity contribution in [3.05, 3.63) is 0 Å². The third kappa shape index (κ3) is 18.6. The van der Waals surface area contributed by atoms with E-state index in [1.54, 1.807) is 0 Å². The maximum atomic E-state index is 11.9. The van der Waals surface area contributed by atoms with Crippen LogP contribution in [0.5, 0.6) is 0 Å². The van der Waals surface area contributed by atoms with Crippen molar-refractivity contribution in [3.63, 3.8) is 0 Å². The standard InChI is InChI=1S/C24H49NO2/c1-3-5-7-9-11-13-14-16-18-20-22-23(24(26)27-25)21-19-17-15-12-10-8-6-4-2/h23H,3-22,25H2,1-2H3. The summed E-state index contributed by atoms with van der Waals surface area (Å²) in [5.41, 5.74) is 0. The minimum Gasteiger partial charge on any atom is -0.373 e. The summed E-state index contributed by atoms with van der Waals surface area (Å²) < 4.78 is 0. The highest BCUT2D eigenvalue weighted by Crippen LogP contribution is 2.20. The van der Waals surface area contributed by atoms with E-state index >= 15 is 0 Å². The quantitative estimate of drug-likeness (QED) is 0.162. The largest absolute Gasteiger partial charge is 0.373 e. The highest BCUT2D eigenvalue weighted by atomic mass is 16.7. The van der Waals surface area contributed by atoms with Gasteiger partial charge in [0.15, 0.2) is 0 Å². The van der Waals surface area contributed by atoms with E-state index in [0.29, 0.717) is 0 Å². The highest BCUT2D eigenvalue weighted by molar-refractivity contribution is 5.71. The first kappa shape index (κ1) is 26.4. The number of unbranched alkanes of at least 4 members (excludes halogenated alkanes) is 16. The van der Waals surface area contributed by atoms with Gasteiger partial charge in [-0.2, -0.15) is 5.90 Å². The van der Waals surface area contributed by atoms with Crippen LogP contribution in [0.1, 0.15) is 142 Å². The van der Waals surface area contributed by atoms with Gasteiger partial charge in [-0.3, -0.25) is 4.79 Å². The van der Waals surface area contributed by atoms with Crippen LogP contribution in [-0.4, -0.2) is 5.97 Å². The molecule has 1 atom stereocenters. The number of carbonyl (C=O) groups is 1. The van der Waals surface area contributed by atoms with Crippen LogP contribution in [0.2, 0.25) is 0 Å². The lowest BCUT2D eigenvalue weighted by Crippen LogP contribution is -2.21. The van der Waals surface area contributed by atoms with Crippen molar-refractivity contribution >= 4 is 5.97 Å². The van der Waals surface area contributed by atoms with Crippen LogP contribution in [0.3, 0.4) is 0 Å². The van der Waals surface area contributed by atoms with Gasteiger partial charge in [0.2, 0.25) is 0 Å². The molecule has 0 aliphatic heterocycles. The normalized spacial score (nSPS) is 12.3. The van der Waals surface area contributed by atoms with Crippen LogP contribution >= 0.6 is 0 Å². The summed E-state index contributed by atoms with van der Waals surface area (Å²) in [5, 5.41) is 0. The van der Waals surface area contributed by atoms with E-state index in [9.17, 15) is 4.79 Å². The van der Waals surface area contributed by atoms with Gasteiger partial charge in [0.25, 0.3) is 0 Å². The third-order valence-corrected chi connectivity index (χ3v) is 5.76. The molecule has 0 spiro atoms. The second-order valence-corrected chi connectivity index (χ2v) is 8.37. The van der Waals surface area contributed by atoms with Gasteiger partial charge in [-0.15, -0.1) is 0 Å². The van der Waals surface area contributed by atoms with Crippen LogP contribution in [0, 0.1) is 5.92 Å². The highest BCUT2D eigenvalue weighted by Gasteiger charge is 2.18. The fourth-order valence-electron chi connectivity index (χ4n) is 3.88. The molecule has 0 radical (unpaired) electrons. The van der Waals surface area contributed by atoms with Crippen molar-refractivity contribution in [2.45, 2.75) is 142 Å². The van der Waals surface area contributed by atoms with E-state index in [-0.39, 0.29) is 11.9 Å². The maximum absolute atomic E-state index is 11.9. The first-order valence-corrected chi connectivity index (χ1v) is 12.2. The molecule has 0 heterocycles. The summed E-state index contributed by atoms with van der Waals surface area (Å²) in [5.74, 6) is 4.96. The Morgan fingerprint density at radius 3 is 1.19 bits per heavy atom. The van der Waals surface area contributed by atoms with Crippen molar-refractivity contribution in [2.24, 2.45) is 11.8 Å². The van der Waals surface area contributed by atoms with E-state index in [0.717, 1.165) is 25.7 Å². The average Bonchev–Trinajstić information content (AvgIpc) is 2.69. The lowest BCUT2D eigenvalue weighted by molar-refractivity contribution is -0.149. The topological polar surface area (TPSA) is 52.3 Å². The Morgan fingerprint density at radius 1 is 0.593 bits per heavy atom. The molecule has 0 saturated carbocycles. The number of hydrogen-bond acceptors (Lipinski definition) is 3. The van der Waals surface area contributed by atoms with Gasteiger partial charge in [-0.05, 0) is 12.8 Å². The zero-order chi connectivity index (χ0) is 20.0. The Kier molecular flexibility index (Phi) is 21.3. The summed E-state index contributed by atoms with van der Waals surface area (Å²) in [7, 11) is 0. The maximum Gasteiger partial charge on any atom is 0.327 e. The lowest BCUT2D eigenvalue weighted by Gasteiger charge is -2.14. The number of rotatable bonds is 21. The first-order valence-electron chi connectivity index (χ1n) is 12.2. The molecule has 27 heavy (non-hydrogen) atoms. The Morgan fingerprint density at radius 2 is 0.889 bits per heavy atom. The summed E-state index contributed by atoms with van der Waals surface area (Å²) in [6, 6.07) is 0. The average molecular weight is 384 g/mol. The van der Waals surface area contributed by atoms with E-state index in [4.69, 9.17) is 5.90 Å². The number of nitrogens with two attached hydrogens (primary N) is 1. The zero-order valence-electron chi connectivity index (χ0n) is 18.6. The minimum absolute atomic E-state index is 0.0177. The molecule has 0 aromatic heterocycles. The van der Waals surface area contributed by atoms with Crippen molar-refractivity contribution in [2.75, 3.05) is 0 Å². The van der Waals surface area contributed by atoms with E-state index < -0.39 is 0 Å². The second-order valence-electron chi connectivity index (χ2n) is 8.37. The minimum atomic E-state index is -0.200. The van der Waals surface area contributed by atoms with Gasteiger partial charge < -0.3 is 4.84 Å². The molecule has 0 saturated heterocycles. The van der Waals surface area contributed by atoms with Gasteiger partial charge in [0.1, 0.15) is 0 Å².